The molecule has 1 fully saturated rings. The van der Waals surface area contributed by atoms with Gasteiger partial charge in [-0.1, -0.05) is 6.07 Å². The zero-order valence-corrected chi connectivity index (χ0v) is 13.7. The molecular weight excluding hydrogens is 280 g/mol. The first kappa shape index (κ1) is 16.5. The quantitative estimate of drug-likeness (QED) is 0.619. The Hall–Kier alpha value is -1.82. The van der Waals surface area contributed by atoms with Crippen LogP contribution in [0.25, 0.3) is 0 Å². The summed E-state index contributed by atoms with van der Waals surface area (Å²) < 4.78 is 11.0. The standard InChI is InChI=1S/C16H26N4O2/c1-4-17-15(20-12-16(2)8-6-10-22-16)19-11-13-7-5-9-18-14(13)21-3/h5,7,9H,4,6,8,10-12H2,1-3H3,(H2,17,19,20). The van der Waals surface area contributed by atoms with Crippen LogP contribution < -0.4 is 15.4 Å². The zero-order valence-electron chi connectivity index (χ0n) is 13.7. The number of rotatable bonds is 6. The summed E-state index contributed by atoms with van der Waals surface area (Å²) >= 11 is 0. The van der Waals surface area contributed by atoms with Gasteiger partial charge in [0.05, 0.1) is 19.3 Å². The summed E-state index contributed by atoms with van der Waals surface area (Å²) in [6, 6.07) is 3.86. The molecule has 0 saturated carbocycles. The van der Waals surface area contributed by atoms with Gasteiger partial charge >= 0.3 is 0 Å². The van der Waals surface area contributed by atoms with Crippen LogP contribution >= 0.6 is 0 Å². The fourth-order valence-electron chi connectivity index (χ4n) is 2.48. The van der Waals surface area contributed by atoms with E-state index in [9.17, 15) is 0 Å². The van der Waals surface area contributed by atoms with Crippen molar-refractivity contribution in [2.24, 2.45) is 4.99 Å². The van der Waals surface area contributed by atoms with Crippen LogP contribution in [0.5, 0.6) is 5.88 Å². The summed E-state index contributed by atoms with van der Waals surface area (Å²) in [6.07, 6.45) is 3.92. The first-order chi connectivity index (χ1) is 10.7. The number of nitrogens with zero attached hydrogens (tertiary/aromatic N) is 2. The van der Waals surface area contributed by atoms with Gasteiger partial charge in [0.1, 0.15) is 0 Å². The monoisotopic (exact) mass is 306 g/mol. The van der Waals surface area contributed by atoms with Crippen LogP contribution in [-0.2, 0) is 11.3 Å². The molecule has 1 atom stereocenters. The molecular formula is C16H26N4O2. The van der Waals surface area contributed by atoms with Gasteiger partial charge in [-0.05, 0) is 32.8 Å². The molecule has 1 aromatic rings. The molecule has 1 aliphatic heterocycles. The number of aliphatic imine (C=N–C) groups is 1. The van der Waals surface area contributed by atoms with Crippen LogP contribution in [0, 0.1) is 0 Å². The zero-order chi connectivity index (χ0) is 15.8. The normalized spacial score (nSPS) is 21.7. The predicted molar refractivity (Wildman–Crippen MR) is 87.2 cm³/mol. The van der Waals surface area contributed by atoms with Gasteiger partial charge < -0.3 is 20.1 Å². The van der Waals surface area contributed by atoms with Crippen molar-refractivity contribution in [2.45, 2.75) is 38.8 Å². The van der Waals surface area contributed by atoms with Crippen LogP contribution in [0.1, 0.15) is 32.3 Å². The summed E-state index contributed by atoms with van der Waals surface area (Å²) in [6.45, 7) is 7.12. The second kappa shape index (κ2) is 7.98. The molecule has 0 radical (unpaired) electrons. The third kappa shape index (κ3) is 4.59. The maximum Gasteiger partial charge on any atom is 0.218 e. The molecule has 6 nitrogen and oxygen atoms in total. The van der Waals surface area contributed by atoms with E-state index in [1.165, 1.54) is 0 Å². The van der Waals surface area contributed by atoms with Gasteiger partial charge in [0.15, 0.2) is 5.96 Å². The Balaban J connectivity index is 1.97. The summed E-state index contributed by atoms with van der Waals surface area (Å²) in [5.41, 5.74) is 0.868. The molecule has 2 rings (SSSR count). The van der Waals surface area contributed by atoms with E-state index >= 15 is 0 Å². The summed E-state index contributed by atoms with van der Waals surface area (Å²) in [5.74, 6) is 1.40. The molecule has 2 heterocycles. The fourth-order valence-corrected chi connectivity index (χ4v) is 2.48. The molecule has 122 valence electrons. The SMILES string of the molecule is CCNC(=NCc1cccnc1OC)NCC1(C)CCCO1. The summed E-state index contributed by atoms with van der Waals surface area (Å²) in [4.78, 5) is 8.79. The van der Waals surface area contributed by atoms with Crippen LogP contribution in [-0.4, -0.2) is 43.4 Å². The number of hydrogen-bond donors (Lipinski definition) is 2. The predicted octanol–water partition coefficient (Wildman–Crippen LogP) is 1.71. The van der Waals surface area contributed by atoms with Gasteiger partial charge in [-0.2, -0.15) is 0 Å². The number of methoxy groups -OCH3 is 1. The van der Waals surface area contributed by atoms with Gasteiger partial charge in [0.25, 0.3) is 0 Å². The number of ether oxygens (including phenoxy) is 2. The second-order valence-electron chi connectivity index (χ2n) is 5.62. The summed E-state index contributed by atoms with van der Waals surface area (Å²) in [7, 11) is 1.62. The molecule has 1 aliphatic rings. The molecule has 0 aromatic carbocycles. The number of hydrogen-bond acceptors (Lipinski definition) is 4. The minimum absolute atomic E-state index is 0.0951. The Labute approximate surface area is 132 Å². The maximum absolute atomic E-state index is 5.79. The van der Waals surface area contributed by atoms with E-state index in [0.29, 0.717) is 12.4 Å². The lowest BCUT2D eigenvalue weighted by Gasteiger charge is -2.24. The van der Waals surface area contributed by atoms with Gasteiger partial charge in [-0.3, -0.25) is 0 Å². The molecule has 0 bridgehead atoms. The van der Waals surface area contributed by atoms with Crippen molar-refractivity contribution in [1.29, 1.82) is 0 Å². The molecule has 1 saturated heterocycles. The van der Waals surface area contributed by atoms with Crippen LogP contribution in [0.2, 0.25) is 0 Å². The molecule has 0 spiro atoms. The van der Waals surface area contributed by atoms with E-state index in [1.54, 1.807) is 13.3 Å². The van der Waals surface area contributed by atoms with Crippen LogP contribution in [0.3, 0.4) is 0 Å². The lowest BCUT2D eigenvalue weighted by Crippen LogP contribution is -2.45. The largest absolute Gasteiger partial charge is 0.481 e. The lowest BCUT2D eigenvalue weighted by molar-refractivity contribution is 0.0243. The number of nitrogens with one attached hydrogen (secondary N) is 2. The van der Waals surface area contributed by atoms with Gasteiger partial charge in [-0.15, -0.1) is 0 Å². The Morgan fingerprint density at radius 2 is 2.36 bits per heavy atom. The average molecular weight is 306 g/mol. The van der Waals surface area contributed by atoms with Crippen molar-refractivity contribution in [3.05, 3.63) is 23.9 Å². The molecule has 0 amide bonds. The highest BCUT2D eigenvalue weighted by Crippen LogP contribution is 2.23. The fraction of sp³-hybridized carbons (Fsp3) is 0.625. The molecule has 0 aliphatic carbocycles. The van der Waals surface area contributed by atoms with Gasteiger partial charge in [0, 0.05) is 31.5 Å². The van der Waals surface area contributed by atoms with E-state index in [4.69, 9.17) is 9.47 Å². The van der Waals surface area contributed by atoms with Crippen LogP contribution in [0.4, 0.5) is 0 Å². The highest BCUT2D eigenvalue weighted by Gasteiger charge is 2.29. The van der Waals surface area contributed by atoms with Crippen LogP contribution in [0.15, 0.2) is 23.3 Å². The Kier molecular flexibility index (Phi) is 6.00. The smallest absolute Gasteiger partial charge is 0.218 e. The van der Waals surface area contributed by atoms with Crippen molar-refractivity contribution in [1.82, 2.24) is 15.6 Å². The topological polar surface area (TPSA) is 67.8 Å². The first-order valence-electron chi connectivity index (χ1n) is 7.81. The molecule has 1 aromatic heterocycles. The van der Waals surface area contributed by atoms with Crippen molar-refractivity contribution in [2.75, 3.05) is 26.8 Å². The van der Waals surface area contributed by atoms with Crippen molar-refractivity contribution in [3.8, 4) is 5.88 Å². The molecule has 2 N–H and O–H groups in total. The molecule has 6 heteroatoms. The van der Waals surface area contributed by atoms with Crippen molar-refractivity contribution in [3.63, 3.8) is 0 Å². The number of aromatic nitrogens is 1. The Bertz CT molecular complexity index is 499. The molecule has 1 unspecified atom stereocenters. The third-order valence-corrected chi connectivity index (χ3v) is 3.73. The Morgan fingerprint density at radius 3 is 3.05 bits per heavy atom. The van der Waals surface area contributed by atoms with Crippen molar-refractivity contribution < 1.29 is 9.47 Å². The van der Waals surface area contributed by atoms with Gasteiger partial charge in [0.2, 0.25) is 5.88 Å². The highest BCUT2D eigenvalue weighted by molar-refractivity contribution is 5.79. The van der Waals surface area contributed by atoms with E-state index in [2.05, 4.69) is 34.5 Å². The maximum atomic E-state index is 5.79. The lowest BCUT2D eigenvalue weighted by atomic mass is 10.0. The highest BCUT2D eigenvalue weighted by atomic mass is 16.5. The number of guanidine groups is 1. The van der Waals surface area contributed by atoms with Crippen molar-refractivity contribution >= 4 is 5.96 Å². The van der Waals surface area contributed by atoms with E-state index in [1.807, 2.05) is 12.1 Å². The molecule has 22 heavy (non-hydrogen) atoms. The minimum atomic E-state index is -0.0951. The third-order valence-electron chi connectivity index (χ3n) is 3.73. The van der Waals surface area contributed by atoms with Gasteiger partial charge in [-0.25, -0.2) is 9.98 Å². The average Bonchev–Trinajstić information content (AvgIpc) is 2.97. The van der Waals surface area contributed by atoms with E-state index in [0.717, 1.165) is 44.1 Å². The van der Waals surface area contributed by atoms with E-state index in [-0.39, 0.29) is 5.60 Å². The second-order valence-corrected chi connectivity index (χ2v) is 5.62. The number of pyridine rings is 1. The first-order valence-corrected chi connectivity index (χ1v) is 7.81. The Morgan fingerprint density at radius 1 is 1.50 bits per heavy atom. The minimum Gasteiger partial charge on any atom is -0.481 e. The summed E-state index contributed by atoms with van der Waals surface area (Å²) in [5, 5.41) is 6.62. The van der Waals surface area contributed by atoms with E-state index < -0.39 is 0 Å².